The van der Waals surface area contributed by atoms with Gasteiger partial charge in [-0.2, -0.15) is 4.21 Å². The van der Waals surface area contributed by atoms with Gasteiger partial charge in [-0.25, -0.2) is 0 Å². The summed E-state index contributed by atoms with van der Waals surface area (Å²) in [4.78, 5) is 0. The summed E-state index contributed by atoms with van der Waals surface area (Å²) in [6.45, 7) is 0. The van der Waals surface area contributed by atoms with Crippen LogP contribution in [0.4, 0.5) is 0 Å². The molecule has 0 radical (unpaired) electrons. The quantitative estimate of drug-likeness (QED) is 0.323. The Morgan fingerprint density at radius 1 is 1.57 bits per heavy atom. The fourth-order valence-corrected chi connectivity index (χ4v) is 0. The second kappa shape index (κ2) is 5.39. The van der Waals surface area contributed by atoms with Gasteiger partial charge in [0, 0.05) is 11.2 Å². The normalized spacial score (nSPS) is 8.29. The van der Waals surface area contributed by atoms with E-state index in [0.29, 0.717) is 0 Å². The molecule has 0 atom stereocenters. The van der Waals surface area contributed by atoms with Crippen LogP contribution in [0.3, 0.4) is 0 Å². The van der Waals surface area contributed by atoms with Gasteiger partial charge in [0.1, 0.15) is 0 Å². The molecule has 0 saturated heterocycles. The average molecular weight is 155 g/mol. The molecule has 0 rings (SSSR count). The molecule has 0 spiro atoms. The topological polar surface area (TPSA) is 92.5 Å². The van der Waals surface area contributed by atoms with Gasteiger partial charge >= 0.3 is 29.6 Å². The van der Waals surface area contributed by atoms with Crippen molar-refractivity contribution in [1.29, 1.82) is 0 Å². The molecule has 0 heterocycles. The average Bonchev–Trinajstić information content (AvgIpc) is 0.722. The molecular formula is H6NNaO3S2. The van der Waals surface area contributed by atoms with Crippen LogP contribution in [-0.2, 0) is 20.2 Å². The number of hydrogen-bond acceptors (Lipinski definition) is 3. The van der Waals surface area contributed by atoms with Crippen LogP contribution in [0.15, 0.2) is 0 Å². The third-order valence-electron chi connectivity index (χ3n) is 0. The largest absolute Gasteiger partial charge is 1.00 e. The van der Waals surface area contributed by atoms with Gasteiger partial charge in [0.05, 0.1) is 0 Å². The Labute approximate surface area is 70.4 Å². The maximum Gasteiger partial charge on any atom is 1.00 e. The number of rotatable bonds is 0. The molecule has 0 aliphatic rings. The summed E-state index contributed by atoms with van der Waals surface area (Å²) in [5, 5.41) is 0. The zero-order chi connectivity index (χ0) is 4.50. The molecule has 7 heteroatoms. The van der Waals surface area contributed by atoms with Gasteiger partial charge in [-0.15, -0.1) is 0 Å². The molecule has 5 N–H and O–H groups in total. The Morgan fingerprint density at radius 2 is 1.57 bits per heavy atom. The van der Waals surface area contributed by atoms with Crippen molar-refractivity contribution in [3.8, 4) is 0 Å². The number of hydrogen-bond donors (Lipinski definition) is 3. The van der Waals surface area contributed by atoms with E-state index in [1.807, 2.05) is 0 Å². The molecule has 0 aromatic rings. The van der Waals surface area contributed by atoms with Gasteiger partial charge in [0.15, 0.2) is 0 Å². The van der Waals surface area contributed by atoms with E-state index in [1.165, 1.54) is 0 Å². The summed E-state index contributed by atoms with van der Waals surface area (Å²) in [6.07, 6.45) is 0. The maximum atomic E-state index is 9.11. The first-order chi connectivity index (χ1) is 2.00. The van der Waals surface area contributed by atoms with E-state index in [4.69, 9.17) is 13.3 Å². The van der Waals surface area contributed by atoms with Gasteiger partial charge in [-0.3, -0.25) is 9.11 Å². The smallest absolute Gasteiger partial charge is 1.00 e. The molecule has 0 saturated carbocycles. The van der Waals surface area contributed by atoms with Crippen molar-refractivity contribution in [2.24, 2.45) is 0 Å². The van der Waals surface area contributed by atoms with E-state index in [2.05, 4.69) is 11.2 Å². The summed E-state index contributed by atoms with van der Waals surface area (Å²) in [6, 6.07) is 0. The zero-order valence-corrected chi connectivity index (χ0v) is 7.46. The van der Waals surface area contributed by atoms with E-state index in [9.17, 15) is 0 Å². The van der Waals surface area contributed by atoms with Crippen molar-refractivity contribution in [3.05, 3.63) is 0 Å². The zero-order valence-electron chi connectivity index (χ0n) is 4.83. The van der Waals surface area contributed by atoms with E-state index in [-0.39, 0.29) is 37.1 Å². The van der Waals surface area contributed by atoms with Gasteiger partial charge in [-0.1, -0.05) is 0 Å². The van der Waals surface area contributed by atoms with Gasteiger partial charge in [0.2, 0.25) is 0 Å². The summed E-state index contributed by atoms with van der Waals surface area (Å²) in [5.74, 6) is 0. The fraction of sp³-hybridized carbons (Fsp3) is 0. The van der Waals surface area contributed by atoms with Crippen LogP contribution in [0.5, 0.6) is 0 Å². The van der Waals surface area contributed by atoms with Gasteiger partial charge in [0.25, 0.3) is 9.05 Å². The Hall–Kier alpha value is 1.25. The second-order valence-electron chi connectivity index (χ2n) is 0.448. The molecule has 4 nitrogen and oxygen atoms in total. The van der Waals surface area contributed by atoms with Gasteiger partial charge in [-0.05, 0) is 0 Å². The first-order valence-corrected chi connectivity index (χ1v) is 3.10. The SMILES string of the molecule is N.O=S(O)(O)=S.[H-].[Na+]. The minimum atomic E-state index is -3.83. The van der Waals surface area contributed by atoms with Crippen molar-refractivity contribution in [2.45, 2.75) is 0 Å². The van der Waals surface area contributed by atoms with Crippen molar-refractivity contribution < 1.29 is 44.3 Å². The van der Waals surface area contributed by atoms with Crippen molar-refractivity contribution in [3.63, 3.8) is 0 Å². The Balaban J connectivity index is -0.0000000267. The van der Waals surface area contributed by atoms with Crippen LogP contribution in [0.1, 0.15) is 1.43 Å². The van der Waals surface area contributed by atoms with Crippen molar-refractivity contribution in [1.82, 2.24) is 6.15 Å². The standard InChI is InChI=1S/H3N.Na.H2O3S2.H/c;;1-5(2,3)4;/h1H3;;(H2,1,2,3,4);/q;+1;;-1. The predicted molar refractivity (Wildman–Crippen MR) is 26.9 cm³/mol. The van der Waals surface area contributed by atoms with E-state index >= 15 is 0 Å². The summed E-state index contributed by atoms with van der Waals surface area (Å²) < 4.78 is 24.0. The van der Waals surface area contributed by atoms with Crippen LogP contribution in [0.2, 0.25) is 0 Å². The molecule has 0 aliphatic heterocycles. The third kappa shape index (κ3) is 128. The van der Waals surface area contributed by atoms with Crippen molar-refractivity contribution in [2.75, 3.05) is 0 Å². The summed E-state index contributed by atoms with van der Waals surface area (Å²) in [7, 11) is -3.83. The molecule has 42 valence electrons. The van der Waals surface area contributed by atoms with Crippen LogP contribution in [-0.4, -0.2) is 13.3 Å². The minimum absolute atomic E-state index is 0. The molecule has 0 fully saturated rings. The molecule has 0 aliphatic carbocycles. The predicted octanol–water partition coefficient (Wildman–Crippen LogP) is -3.04. The Morgan fingerprint density at radius 3 is 1.57 bits per heavy atom. The molecule has 0 unspecified atom stereocenters. The monoisotopic (exact) mass is 155 g/mol. The van der Waals surface area contributed by atoms with Crippen LogP contribution >= 0.6 is 0 Å². The maximum absolute atomic E-state index is 9.11. The molecule has 0 aromatic heterocycles. The molecule has 0 bridgehead atoms. The Kier molecular flexibility index (Phi) is 12.1. The third-order valence-corrected chi connectivity index (χ3v) is 0. The molecule has 0 amide bonds. The van der Waals surface area contributed by atoms with Crippen LogP contribution in [0, 0.1) is 0 Å². The van der Waals surface area contributed by atoms with E-state index in [1.54, 1.807) is 0 Å². The van der Waals surface area contributed by atoms with E-state index in [0.717, 1.165) is 0 Å². The van der Waals surface area contributed by atoms with Gasteiger partial charge < -0.3 is 7.58 Å². The molecule has 7 heavy (non-hydrogen) atoms. The van der Waals surface area contributed by atoms with Crippen molar-refractivity contribution >= 4 is 20.2 Å². The van der Waals surface area contributed by atoms with Crippen LogP contribution < -0.4 is 35.7 Å². The second-order valence-corrected chi connectivity index (χ2v) is 2.65. The fourth-order valence-electron chi connectivity index (χ4n) is 0. The molecule has 0 aromatic carbocycles. The van der Waals surface area contributed by atoms with Crippen LogP contribution in [0.25, 0.3) is 0 Å². The summed E-state index contributed by atoms with van der Waals surface area (Å²) >= 11 is 3.47. The minimum Gasteiger partial charge on any atom is -1.00 e. The summed E-state index contributed by atoms with van der Waals surface area (Å²) in [5.41, 5.74) is 0. The first-order valence-electron chi connectivity index (χ1n) is 0.698. The molecular weight excluding hydrogens is 149 g/mol. The van der Waals surface area contributed by atoms with E-state index < -0.39 is 9.05 Å². The first kappa shape index (κ1) is 15.7. The Bertz CT molecular complexity index is 100.